The molecule has 0 bridgehead atoms. The molecule has 2 heterocycles. The molecule has 0 saturated heterocycles. The van der Waals surface area contributed by atoms with Crippen LogP contribution in [-0.4, -0.2) is 26.0 Å². The Bertz CT molecular complexity index is 1630. The van der Waals surface area contributed by atoms with Gasteiger partial charge in [-0.05, 0) is 42.8 Å². The molecule has 38 heavy (non-hydrogen) atoms. The normalized spacial score (nSPS) is 12.5. The molecule has 0 radical (unpaired) electrons. The van der Waals surface area contributed by atoms with Gasteiger partial charge in [-0.2, -0.15) is 13.2 Å². The van der Waals surface area contributed by atoms with Crippen molar-refractivity contribution in [3.8, 4) is 22.6 Å². The number of rotatable bonds is 5. The molecule has 1 atom stereocenters. The zero-order valence-electron chi connectivity index (χ0n) is 19.8. The molecule has 0 aliphatic carbocycles. The van der Waals surface area contributed by atoms with Crippen LogP contribution in [0.2, 0.25) is 0 Å². The van der Waals surface area contributed by atoms with Gasteiger partial charge >= 0.3 is 6.18 Å². The highest BCUT2D eigenvalue weighted by atomic mass is 19.4. The summed E-state index contributed by atoms with van der Waals surface area (Å²) in [6, 6.07) is 16.7. The fourth-order valence-corrected chi connectivity index (χ4v) is 4.21. The van der Waals surface area contributed by atoms with E-state index in [9.17, 15) is 23.1 Å². The lowest BCUT2D eigenvalue weighted by Gasteiger charge is -2.15. The molecule has 0 aliphatic heterocycles. The van der Waals surface area contributed by atoms with Gasteiger partial charge in [0.2, 0.25) is 0 Å². The predicted molar refractivity (Wildman–Crippen MR) is 135 cm³/mol. The molecule has 0 spiro atoms. The van der Waals surface area contributed by atoms with Gasteiger partial charge in [-0.1, -0.05) is 36.4 Å². The third-order valence-electron chi connectivity index (χ3n) is 6.07. The zero-order chi connectivity index (χ0) is 27.0. The molecule has 2 aromatic heterocycles. The Kier molecular flexibility index (Phi) is 6.41. The van der Waals surface area contributed by atoms with E-state index in [0.29, 0.717) is 27.7 Å². The van der Waals surface area contributed by atoms with Crippen molar-refractivity contribution in [2.45, 2.75) is 19.2 Å². The van der Waals surface area contributed by atoms with Crippen molar-refractivity contribution in [3.05, 3.63) is 102 Å². The molecule has 0 aliphatic rings. The lowest BCUT2D eigenvalue weighted by molar-refractivity contribution is -0.137. The van der Waals surface area contributed by atoms with Gasteiger partial charge in [0.05, 0.1) is 28.6 Å². The summed E-state index contributed by atoms with van der Waals surface area (Å²) in [4.78, 5) is 24.3. The molecule has 10 heteroatoms. The Labute approximate surface area is 214 Å². The maximum absolute atomic E-state index is 15.0. The van der Waals surface area contributed by atoms with E-state index in [2.05, 4.69) is 20.3 Å². The van der Waals surface area contributed by atoms with Crippen LogP contribution in [0.1, 0.15) is 34.5 Å². The topological polar surface area (TPSA) is 90.9 Å². The number of carbonyl (C=O) groups is 1. The minimum absolute atomic E-state index is 0.277. The summed E-state index contributed by atoms with van der Waals surface area (Å²) in [5, 5.41) is 13.3. The predicted octanol–water partition coefficient (Wildman–Crippen LogP) is 6.76. The molecule has 5 aromatic rings. The van der Waals surface area contributed by atoms with Crippen LogP contribution in [0.4, 0.5) is 23.2 Å². The molecule has 0 unspecified atom stereocenters. The van der Waals surface area contributed by atoms with Crippen molar-refractivity contribution in [1.82, 2.24) is 15.0 Å². The van der Waals surface area contributed by atoms with Crippen molar-refractivity contribution in [2.75, 3.05) is 5.32 Å². The third-order valence-corrected chi connectivity index (χ3v) is 6.07. The Morgan fingerprint density at radius 2 is 1.71 bits per heavy atom. The molecule has 3 aromatic carbocycles. The summed E-state index contributed by atoms with van der Waals surface area (Å²) in [6.45, 7) is 1.59. The minimum atomic E-state index is -4.90. The maximum atomic E-state index is 15.0. The van der Waals surface area contributed by atoms with E-state index in [1.165, 1.54) is 18.5 Å². The van der Waals surface area contributed by atoms with Crippen LogP contribution in [0, 0.1) is 5.82 Å². The summed E-state index contributed by atoms with van der Waals surface area (Å²) in [6.07, 6.45) is -3.19. The number of fused-ring (bicyclic) bond motifs is 1. The Morgan fingerprint density at radius 3 is 2.37 bits per heavy atom. The van der Waals surface area contributed by atoms with Crippen LogP contribution in [0.15, 0.2) is 79.1 Å². The summed E-state index contributed by atoms with van der Waals surface area (Å²) in [5.41, 5.74) is 0.292. The monoisotopic (exact) mass is 520 g/mol. The van der Waals surface area contributed by atoms with Crippen LogP contribution in [0.5, 0.6) is 0 Å². The lowest BCUT2D eigenvalue weighted by Crippen LogP contribution is -2.17. The molecule has 0 fully saturated rings. The number of halogens is 4. The molecule has 1 amide bonds. The molecular formula is C28H20F4N4O2. The van der Waals surface area contributed by atoms with Crippen LogP contribution in [0.3, 0.4) is 0 Å². The van der Waals surface area contributed by atoms with Crippen LogP contribution < -0.4 is 5.32 Å². The summed E-state index contributed by atoms with van der Waals surface area (Å²) < 4.78 is 56.2. The molecule has 0 saturated carbocycles. The number of benzene rings is 3. The minimum Gasteiger partial charge on any atom is -0.389 e. The van der Waals surface area contributed by atoms with Gasteiger partial charge < -0.3 is 15.4 Å². The van der Waals surface area contributed by atoms with E-state index in [0.717, 1.165) is 6.07 Å². The van der Waals surface area contributed by atoms with Crippen molar-refractivity contribution in [1.29, 1.82) is 0 Å². The standard InChI is InChI=1S/C28H20F4N4O2/c1-15(37)17-8-9-23-20(12-17)25(24(35-23)16-6-3-2-4-7-16)36-27(38)19-13-18(26-33-10-5-11-34-26)21(14-22(19)29)28(30,31)32/h2-15,35,37H,1H3,(H,36,38)/t15-/m0/s1. The van der Waals surface area contributed by atoms with Crippen molar-refractivity contribution in [3.63, 3.8) is 0 Å². The van der Waals surface area contributed by atoms with Gasteiger partial charge in [-0.3, -0.25) is 4.79 Å². The first-order valence-electron chi connectivity index (χ1n) is 11.5. The molecule has 6 nitrogen and oxygen atoms in total. The van der Waals surface area contributed by atoms with Gasteiger partial charge in [0.25, 0.3) is 5.91 Å². The van der Waals surface area contributed by atoms with E-state index in [4.69, 9.17) is 0 Å². The van der Waals surface area contributed by atoms with Gasteiger partial charge in [0.15, 0.2) is 5.82 Å². The Balaban J connectivity index is 1.65. The van der Waals surface area contributed by atoms with Crippen LogP contribution in [-0.2, 0) is 6.18 Å². The van der Waals surface area contributed by atoms with Crippen molar-refractivity contribution >= 4 is 22.5 Å². The highest BCUT2D eigenvalue weighted by Gasteiger charge is 2.36. The lowest BCUT2D eigenvalue weighted by atomic mass is 10.0. The molecule has 5 rings (SSSR count). The summed E-state index contributed by atoms with van der Waals surface area (Å²) in [5.74, 6) is -2.61. The molecule has 3 N–H and O–H groups in total. The summed E-state index contributed by atoms with van der Waals surface area (Å²) in [7, 11) is 0. The second kappa shape index (κ2) is 9.71. The van der Waals surface area contributed by atoms with E-state index in [1.54, 1.807) is 49.4 Å². The SMILES string of the molecule is C[C@H](O)c1ccc2[nH]c(-c3ccccc3)c(NC(=O)c3cc(-c4ncccn4)c(C(F)(F)F)cc3F)c2c1. The van der Waals surface area contributed by atoms with Crippen molar-refractivity contribution < 1.29 is 27.5 Å². The number of carbonyl (C=O) groups excluding carboxylic acids is 1. The van der Waals surface area contributed by atoms with E-state index >= 15 is 4.39 Å². The van der Waals surface area contributed by atoms with E-state index in [-0.39, 0.29) is 17.6 Å². The Hall–Kier alpha value is -4.57. The number of H-pyrrole nitrogens is 1. The number of aliphatic hydroxyl groups is 1. The van der Waals surface area contributed by atoms with Gasteiger partial charge in [-0.15, -0.1) is 0 Å². The number of nitrogens with zero attached hydrogens (tertiary/aromatic N) is 2. The Morgan fingerprint density at radius 1 is 1.00 bits per heavy atom. The first-order chi connectivity index (χ1) is 18.1. The van der Waals surface area contributed by atoms with Crippen molar-refractivity contribution in [2.24, 2.45) is 0 Å². The smallest absolute Gasteiger partial charge is 0.389 e. The number of nitrogens with one attached hydrogen (secondary N) is 2. The first kappa shape index (κ1) is 25.1. The number of hydrogen-bond donors (Lipinski definition) is 3. The van der Waals surface area contributed by atoms with Crippen LogP contribution >= 0.6 is 0 Å². The zero-order valence-corrected chi connectivity index (χ0v) is 19.8. The number of aliphatic hydroxyl groups excluding tert-OH is 1. The average Bonchev–Trinajstić information content (AvgIpc) is 3.26. The van der Waals surface area contributed by atoms with E-state index < -0.39 is 40.7 Å². The van der Waals surface area contributed by atoms with Gasteiger partial charge in [-0.25, -0.2) is 14.4 Å². The highest BCUT2D eigenvalue weighted by molar-refractivity contribution is 6.13. The number of anilines is 1. The second-order valence-electron chi connectivity index (χ2n) is 8.62. The van der Waals surface area contributed by atoms with Crippen LogP contribution in [0.25, 0.3) is 33.5 Å². The number of hydrogen-bond acceptors (Lipinski definition) is 4. The fraction of sp³-hybridized carbons (Fsp3) is 0.107. The fourth-order valence-electron chi connectivity index (χ4n) is 4.21. The van der Waals surface area contributed by atoms with Gasteiger partial charge in [0.1, 0.15) is 5.82 Å². The largest absolute Gasteiger partial charge is 0.417 e. The van der Waals surface area contributed by atoms with Gasteiger partial charge in [0, 0.05) is 34.4 Å². The number of aromatic amines is 1. The molecule has 192 valence electrons. The maximum Gasteiger partial charge on any atom is 0.417 e. The number of alkyl halides is 3. The quantitative estimate of drug-likeness (QED) is 0.224. The second-order valence-corrected chi connectivity index (χ2v) is 8.62. The highest BCUT2D eigenvalue weighted by Crippen LogP contribution is 2.39. The summed E-state index contributed by atoms with van der Waals surface area (Å²) >= 11 is 0. The first-order valence-corrected chi connectivity index (χ1v) is 11.5. The van der Waals surface area contributed by atoms with E-state index in [1.807, 2.05) is 6.07 Å². The average molecular weight is 520 g/mol. The number of amides is 1. The molecular weight excluding hydrogens is 500 g/mol. The third kappa shape index (κ3) is 4.73. The number of aromatic nitrogens is 3.